The summed E-state index contributed by atoms with van der Waals surface area (Å²) in [6.07, 6.45) is 2.37. The number of hydrogen-bond acceptors (Lipinski definition) is 1. The second-order valence-electron chi connectivity index (χ2n) is 4.78. The number of nitrogens with zero attached hydrogens (tertiary/aromatic N) is 1. The highest BCUT2D eigenvalue weighted by Crippen LogP contribution is 2.33. The summed E-state index contributed by atoms with van der Waals surface area (Å²) in [5.74, 6) is 0.782. The van der Waals surface area contributed by atoms with E-state index >= 15 is 0 Å². The summed E-state index contributed by atoms with van der Waals surface area (Å²) >= 11 is 24.4. The minimum Gasteiger partial charge on any atom is -0.348 e. The number of benzene rings is 2. The smallest absolute Gasteiger partial charge is 0.111 e. The van der Waals surface area contributed by atoms with Crippen molar-refractivity contribution in [3.05, 3.63) is 74.1 Å². The van der Waals surface area contributed by atoms with E-state index in [1.807, 2.05) is 12.1 Å². The van der Waals surface area contributed by atoms with Gasteiger partial charge >= 0.3 is 0 Å². The molecule has 0 amide bonds. The molecule has 22 heavy (non-hydrogen) atoms. The maximum atomic E-state index is 6.20. The first-order chi connectivity index (χ1) is 10.5. The number of aromatic amines is 1. The molecule has 112 valence electrons. The average Bonchev–Trinajstić information content (AvgIpc) is 2.85. The highest BCUT2D eigenvalue weighted by molar-refractivity contribution is 6.39. The number of rotatable bonds is 3. The first-order valence-electron chi connectivity index (χ1n) is 6.46. The monoisotopic (exact) mass is 370 g/mol. The Morgan fingerprint density at radius 2 is 1.55 bits per heavy atom. The van der Waals surface area contributed by atoms with E-state index < -0.39 is 0 Å². The van der Waals surface area contributed by atoms with Crippen LogP contribution in [0.5, 0.6) is 0 Å². The highest BCUT2D eigenvalue weighted by Gasteiger charge is 2.12. The van der Waals surface area contributed by atoms with Crippen LogP contribution in [0.25, 0.3) is 11.3 Å². The van der Waals surface area contributed by atoms with Crippen LogP contribution in [0.3, 0.4) is 0 Å². The van der Waals surface area contributed by atoms with Crippen LogP contribution in [0.2, 0.25) is 20.1 Å². The van der Waals surface area contributed by atoms with E-state index in [0.29, 0.717) is 32.2 Å². The van der Waals surface area contributed by atoms with Gasteiger partial charge in [-0.05, 0) is 35.9 Å². The van der Waals surface area contributed by atoms with Gasteiger partial charge in [-0.1, -0.05) is 52.5 Å². The summed E-state index contributed by atoms with van der Waals surface area (Å²) in [7, 11) is 0. The lowest BCUT2D eigenvalue weighted by Crippen LogP contribution is -1.91. The quantitative estimate of drug-likeness (QED) is 0.576. The molecular weight excluding hydrogens is 362 g/mol. The molecule has 2 aromatic carbocycles. The average molecular weight is 372 g/mol. The number of hydrogen-bond donors (Lipinski definition) is 1. The summed E-state index contributed by atoms with van der Waals surface area (Å²) in [5, 5.41) is 2.33. The highest BCUT2D eigenvalue weighted by atomic mass is 35.5. The minimum absolute atomic E-state index is 0.566. The van der Waals surface area contributed by atoms with Gasteiger partial charge in [0.25, 0.3) is 0 Å². The van der Waals surface area contributed by atoms with E-state index in [4.69, 9.17) is 46.4 Å². The summed E-state index contributed by atoms with van der Waals surface area (Å²) < 4.78 is 0. The van der Waals surface area contributed by atoms with Crippen LogP contribution in [-0.4, -0.2) is 9.97 Å². The van der Waals surface area contributed by atoms with Crippen molar-refractivity contribution >= 4 is 46.4 Å². The maximum Gasteiger partial charge on any atom is 0.111 e. The van der Waals surface area contributed by atoms with Gasteiger partial charge < -0.3 is 4.98 Å². The molecule has 2 nitrogen and oxygen atoms in total. The predicted molar refractivity (Wildman–Crippen MR) is 93.3 cm³/mol. The van der Waals surface area contributed by atoms with E-state index in [1.165, 1.54) is 0 Å². The zero-order chi connectivity index (χ0) is 15.7. The molecule has 0 fully saturated rings. The third-order valence-corrected chi connectivity index (χ3v) is 4.21. The Labute approximate surface area is 148 Å². The molecular formula is C16H10Cl4N2. The van der Waals surface area contributed by atoms with Crippen LogP contribution < -0.4 is 0 Å². The Balaban J connectivity index is 1.91. The van der Waals surface area contributed by atoms with Gasteiger partial charge in [0.15, 0.2) is 0 Å². The van der Waals surface area contributed by atoms with Gasteiger partial charge in [-0.15, -0.1) is 0 Å². The molecule has 1 N–H and O–H groups in total. The van der Waals surface area contributed by atoms with Crippen molar-refractivity contribution in [2.75, 3.05) is 0 Å². The molecule has 1 heterocycles. The Kier molecular flexibility index (Phi) is 4.65. The lowest BCUT2D eigenvalue weighted by molar-refractivity contribution is 1.03. The van der Waals surface area contributed by atoms with Crippen molar-refractivity contribution in [3.63, 3.8) is 0 Å². The van der Waals surface area contributed by atoms with Crippen molar-refractivity contribution < 1.29 is 0 Å². The van der Waals surface area contributed by atoms with Crippen molar-refractivity contribution in [2.45, 2.75) is 6.42 Å². The van der Waals surface area contributed by atoms with E-state index in [0.717, 1.165) is 17.0 Å². The molecule has 0 spiro atoms. The van der Waals surface area contributed by atoms with E-state index in [9.17, 15) is 0 Å². The van der Waals surface area contributed by atoms with Gasteiger partial charge in [-0.25, -0.2) is 4.98 Å². The molecule has 3 rings (SSSR count). The van der Waals surface area contributed by atoms with E-state index in [1.54, 1.807) is 30.5 Å². The molecule has 3 aromatic rings. The summed E-state index contributed by atoms with van der Waals surface area (Å²) in [5.41, 5.74) is 2.40. The third kappa shape index (κ3) is 3.41. The normalized spacial score (nSPS) is 10.9. The fraction of sp³-hybridized carbons (Fsp3) is 0.0625. The van der Waals surface area contributed by atoms with Crippen molar-refractivity contribution in [1.82, 2.24) is 9.97 Å². The first kappa shape index (κ1) is 15.7. The SMILES string of the molecule is Clc1cc(Cl)cc(Cc2nc(-c3c(Cl)cccc3Cl)c[nH]2)c1. The number of halogens is 4. The molecule has 0 aliphatic heterocycles. The fourth-order valence-corrected chi connectivity index (χ4v) is 3.39. The molecule has 0 saturated carbocycles. The summed E-state index contributed by atoms with van der Waals surface area (Å²) in [4.78, 5) is 7.68. The van der Waals surface area contributed by atoms with Gasteiger partial charge in [0, 0.05) is 28.2 Å². The Morgan fingerprint density at radius 3 is 2.18 bits per heavy atom. The van der Waals surface area contributed by atoms with Crippen molar-refractivity contribution in [2.24, 2.45) is 0 Å². The van der Waals surface area contributed by atoms with Crippen LogP contribution in [0.1, 0.15) is 11.4 Å². The van der Waals surface area contributed by atoms with Crippen LogP contribution in [0.4, 0.5) is 0 Å². The van der Waals surface area contributed by atoms with Crippen LogP contribution >= 0.6 is 46.4 Å². The first-order valence-corrected chi connectivity index (χ1v) is 7.98. The summed E-state index contributed by atoms with van der Waals surface area (Å²) in [6.45, 7) is 0. The second-order valence-corrected chi connectivity index (χ2v) is 6.47. The Morgan fingerprint density at radius 1 is 0.909 bits per heavy atom. The standard InChI is InChI=1S/C16H10Cl4N2/c17-10-4-9(5-11(18)7-10)6-15-21-8-14(22-15)16-12(19)2-1-3-13(16)20/h1-5,7-8H,6H2,(H,21,22). The molecule has 0 aliphatic carbocycles. The Bertz CT molecular complexity index is 786. The molecule has 0 radical (unpaired) electrons. The second kappa shape index (κ2) is 6.51. The fourth-order valence-electron chi connectivity index (χ4n) is 2.23. The zero-order valence-corrected chi connectivity index (χ0v) is 14.2. The number of imidazole rings is 1. The van der Waals surface area contributed by atoms with Gasteiger partial charge in [-0.2, -0.15) is 0 Å². The van der Waals surface area contributed by atoms with Gasteiger partial charge in [0.1, 0.15) is 5.82 Å². The van der Waals surface area contributed by atoms with Gasteiger partial charge in [0.05, 0.1) is 15.7 Å². The van der Waals surface area contributed by atoms with Crippen LogP contribution in [0, 0.1) is 0 Å². The lowest BCUT2D eigenvalue weighted by Gasteiger charge is -2.03. The molecule has 0 atom stereocenters. The molecule has 1 aromatic heterocycles. The van der Waals surface area contributed by atoms with Crippen molar-refractivity contribution in [3.8, 4) is 11.3 Å². The largest absolute Gasteiger partial charge is 0.348 e. The van der Waals surface area contributed by atoms with Crippen LogP contribution in [-0.2, 0) is 6.42 Å². The zero-order valence-electron chi connectivity index (χ0n) is 11.2. The van der Waals surface area contributed by atoms with E-state index in [2.05, 4.69) is 9.97 Å². The molecule has 6 heteroatoms. The number of nitrogens with one attached hydrogen (secondary N) is 1. The maximum absolute atomic E-state index is 6.20. The lowest BCUT2D eigenvalue weighted by atomic mass is 10.1. The third-order valence-electron chi connectivity index (χ3n) is 3.14. The van der Waals surface area contributed by atoms with Crippen LogP contribution in [0.15, 0.2) is 42.6 Å². The van der Waals surface area contributed by atoms with Gasteiger partial charge in [0.2, 0.25) is 0 Å². The number of aromatic nitrogens is 2. The molecule has 0 unspecified atom stereocenters. The Hall–Kier alpha value is -1.19. The topological polar surface area (TPSA) is 28.7 Å². The molecule has 0 bridgehead atoms. The van der Waals surface area contributed by atoms with Crippen molar-refractivity contribution in [1.29, 1.82) is 0 Å². The minimum atomic E-state index is 0.566. The molecule has 0 saturated heterocycles. The number of H-pyrrole nitrogens is 1. The predicted octanol–water partition coefficient (Wildman–Crippen LogP) is 6.28. The van der Waals surface area contributed by atoms with Gasteiger partial charge in [-0.3, -0.25) is 0 Å². The summed E-state index contributed by atoms with van der Waals surface area (Å²) in [6, 6.07) is 10.8. The van der Waals surface area contributed by atoms with E-state index in [-0.39, 0.29) is 0 Å². The molecule has 0 aliphatic rings.